The van der Waals surface area contributed by atoms with Crippen molar-refractivity contribution >= 4 is 34.2 Å². The molecule has 29 heavy (non-hydrogen) atoms. The summed E-state index contributed by atoms with van der Waals surface area (Å²) in [6.07, 6.45) is 3.71. The lowest BCUT2D eigenvalue weighted by Crippen LogP contribution is -2.30. The number of imidazole rings is 1. The minimum Gasteiger partial charge on any atom is -0.352 e. The highest BCUT2D eigenvalue weighted by atomic mass is 32.1. The molecule has 0 aliphatic rings. The Morgan fingerprint density at radius 3 is 2.69 bits per heavy atom. The Bertz CT molecular complexity index is 1120. The molecule has 0 bridgehead atoms. The van der Waals surface area contributed by atoms with Crippen LogP contribution in [0.5, 0.6) is 0 Å². The van der Waals surface area contributed by atoms with Gasteiger partial charge in [-0.3, -0.25) is 14.2 Å². The standard InChI is InChI=1S/C21H19N5O2S/c27-20(9-10-22-21(28)18-6-3-11-29-18)24-13-15-7-8-19(23-12-15)26-14-25-16-4-1-2-5-17(16)26/h1-8,11-12,14H,9-10,13H2,(H,22,28)(H,24,27). The minimum atomic E-state index is -0.153. The molecule has 7 nitrogen and oxygen atoms in total. The number of fused-ring (bicyclic) bond motifs is 1. The molecule has 2 amide bonds. The van der Waals surface area contributed by atoms with E-state index in [-0.39, 0.29) is 18.2 Å². The number of pyridine rings is 1. The first kappa shape index (κ1) is 18.8. The number of rotatable bonds is 7. The Labute approximate surface area is 171 Å². The Balaban J connectivity index is 1.27. The number of carbonyl (C=O) groups is 2. The normalized spacial score (nSPS) is 10.8. The van der Waals surface area contributed by atoms with Gasteiger partial charge >= 0.3 is 0 Å². The van der Waals surface area contributed by atoms with Gasteiger partial charge in [0, 0.05) is 25.7 Å². The van der Waals surface area contributed by atoms with Gasteiger partial charge in [0.25, 0.3) is 5.91 Å². The number of nitrogens with zero attached hydrogens (tertiary/aromatic N) is 3. The topological polar surface area (TPSA) is 88.9 Å². The average Bonchev–Trinajstić information content (AvgIpc) is 3.43. The summed E-state index contributed by atoms with van der Waals surface area (Å²) in [6.45, 7) is 0.684. The first-order valence-electron chi connectivity index (χ1n) is 9.16. The third-order valence-corrected chi connectivity index (χ3v) is 5.25. The van der Waals surface area contributed by atoms with Gasteiger partial charge in [0.05, 0.1) is 15.9 Å². The van der Waals surface area contributed by atoms with Gasteiger partial charge in [-0.2, -0.15) is 0 Å². The maximum atomic E-state index is 12.0. The fraction of sp³-hybridized carbons (Fsp3) is 0.143. The molecule has 0 saturated carbocycles. The van der Waals surface area contributed by atoms with Crippen molar-refractivity contribution in [3.63, 3.8) is 0 Å². The van der Waals surface area contributed by atoms with E-state index in [1.165, 1.54) is 11.3 Å². The number of thiophene rings is 1. The van der Waals surface area contributed by atoms with Gasteiger partial charge in [0.15, 0.2) is 0 Å². The quantitative estimate of drug-likeness (QED) is 0.495. The van der Waals surface area contributed by atoms with Crippen LogP contribution in [0.3, 0.4) is 0 Å². The van der Waals surface area contributed by atoms with E-state index in [0.717, 1.165) is 22.4 Å². The zero-order valence-corrected chi connectivity index (χ0v) is 16.4. The summed E-state index contributed by atoms with van der Waals surface area (Å²) in [5.41, 5.74) is 2.80. The number of amides is 2. The molecular formula is C21H19N5O2S. The monoisotopic (exact) mass is 405 g/mol. The molecule has 3 aromatic heterocycles. The molecule has 4 aromatic rings. The fourth-order valence-corrected chi connectivity index (χ4v) is 3.52. The zero-order chi connectivity index (χ0) is 20.1. The van der Waals surface area contributed by atoms with Crippen molar-refractivity contribution in [2.75, 3.05) is 6.54 Å². The van der Waals surface area contributed by atoms with Crippen molar-refractivity contribution in [3.8, 4) is 5.82 Å². The van der Waals surface area contributed by atoms with Crippen LogP contribution in [0.4, 0.5) is 0 Å². The highest BCUT2D eigenvalue weighted by Crippen LogP contribution is 2.16. The molecule has 146 valence electrons. The van der Waals surface area contributed by atoms with Gasteiger partial charge in [-0.25, -0.2) is 9.97 Å². The summed E-state index contributed by atoms with van der Waals surface area (Å²) in [4.78, 5) is 33.3. The van der Waals surface area contributed by atoms with Gasteiger partial charge in [-0.15, -0.1) is 11.3 Å². The molecule has 0 aliphatic heterocycles. The van der Waals surface area contributed by atoms with Crippen molar-refractivity contribution in [3.05, 3.63) is 76.9 Å². The van der Waals surface area contributed by atoms with Crippen LogP contribution in [0.15, 0.2) is 66.4 Å². The molecule has 1 aromatic carbocycles. The van der Waals surface area contributed by atoms with Crippen molar-refractivity contribution in [1.29, 1.82) is 0 Å². The van der Waals surface area contributed by atoms with E-state index in [9.17, 15) is 9.59 Å². The Morgan fingerprint density at radius 1 is 1.00 bits per heavy atom. The Morgan fingerprint density at radius 2 is 1.90 bits per heavy atom. The van der Waals surface area contributed by atoms with E-state index in [0.29, 0.717) is 18.0 Å². The number of carbonyl (C=O) groups excluding carboxylic acids is 2. The molecule has 0 aliphatic carbocycles. The molecule has 0 fully saturated rings. The smallest absolute Gasteiger partial charge is 0.261 e. The minimum absolute atomic E-state index is 0.124. The second kappa shape index (κ2) is 8.66. The molecule has 0 spiro atoms. The van der Waals surface area contributed by atoms with Crippen LogP contribution in [0.1, 0.15) is 21.7 Å². The molecular weight excluding hydrogens is 386 g/mol. The SMILES string of the molecule is O=C(CCNC(=O)c1cccs1)NCc1ccc(-n2cnc3ccccc32)nc1. The van der Waals surface area contributed by atoms with Crippen molar-refractivity contribution in [1.82, 2.24) is 25.2 Å². The lowest BCUT2D eigenvalue weighted by atomic mass is 10.2. The largest absolute Gasteiger partial charge is 0.352 e. The average molecular weight is 405 g/mol. The molecule has 0 atom stereocenters. The first-order valence-corrected chi connectivity index (χ1v) is 10.0. The molecule has 4 rings (SSSR count). The Kier molecular flexibility index (Phi) is 5.62. The Hall–Kier alpha value is -3.52. The van der Waals surface area contributed by atoms with Crippen molar-refractivity contribution < 1.29 is 9.59 Å². The van der Waals surface area contributed by atoms with E-state index in [2.05, 4.69) is 20.6 Å². The molecule has 0 saturated heterocycles. The van der Waals surface area contributed by atoms with Gasteiger partial charge < -0.3 is 10.6 Å². The van der Waals surface area contributed by atoms with Crippen LogP contribution < -0.4 is 10.6 Å². The van der Waals surface area contributed by atoms with E-state index in [1.807, 2.05) is 52.4 Å². The number of hydrogen-bond acceptors (Lipinski definition) is 5. The summed E-state index contributed by atoms with van der Waals surface area (Å²) in [6, 6.07) is 15.3. The zero-order valence-electron chi connectivity index (χ0n) is 15.5. The van der Waals surface area contributed by atoms with Gasteiger partial charge in [-0.05, 0) is 35.2 Å². The third-order valence-electron chi connectivity index (χ3n) is 4.38. The predicted octanol–water partition coefficient (Wildman–Crippen LogP) is 2.92. The maximum absolute atomic E-state index is 12.0. The molecule has 2 N–H and O–H groups in total. The fourth-order valence-electron chi connectivity index (χ4n) is 2.88. The summed E-state index contributed by atoms with van der Waals surface area (Å²) in [7, 11) is 0. The number of benzene rings is 1. The van der Waals surface area contributed by atoms with Crippen LogP contribution in [0, 0.1) is 0 Å². The van der Waals surface area contributed by atoms with Crippen LogP contribution in [0.25, 0.3) is 16.9 Å². The van der Waals surface area contributed by atoms with Gasteiger partial charge in [-0.1, -0.05) is 24.3 Å². The van der Waals surface area contributed by atoms with Gasteiger partial charge in [0.2, 0.25) is 5.91 Å². The number of nitrogens with one attached hydrogen (secondary N) is 2. The van der Waals surface area contributed by atoms with E-state index in [4.69, 9.17) is 0 Å². The second-order valence-electron chi connectivity index (χ2n) is 6.39. The predicted molar refractivity (Wildman–Crippen MR) is 112 cm³/mol. The van der Waals surface area contributed by atoms with Crippen LogP contribution in [0.2, 0.25) is 0 Å². The molecule has 3 heterocycles. The second-order valence-corrected chi connectivity index (χ2v) is 7.34. The van der Waals surface area contributed by atoms with Crippen LogP contribution >= 0.6 is 11.3 Å². The molecule has 8 heteroatoms. The number of para-hydroxylation sites is 2. The number of aromatic nitrogens is 3. The lowest BCUT2D eigenvalue weighted by molar-refractivity contribution is -0.121. The van der Waals surface area contributed by atoms with E-state index >= 15 is 0 Å². The summed E-state index contributed by atoms with van der Waals surface area (Å²) >= 11 is 1.37. The highest BCUT2D eigenvalue weighted by molar-refractivity contribution is 7.12. The van der Waals surface area contributed by atoms with Gasteiger partial charge in [0.1, 0.15) is 12.1 Å². The number of hydrogen-bond donors (Lipinski definition) is 2. The van der Waals surface area contributed by atoms with E-state index < -0.39 is 0 Å². The van der Waals surface area contributed by atoms with Crippen molar-refractivity contribution in [2.45, 2.75) is 13.0 Å². The van der Waals surface area contributed by atoms with Crippen LogP contribution in [-0.2, 0) is 11.3 Å². The van der Waals surface area contributed by atoms with Crippen LogP contribution in [-0.4, -0.2) is 32.9 Å². The van der Waals surface area contributed by atoms with E-state index in [1.54, 1.807) is 18.6 Å². The molecule has 0 unspecified atom stereocenters. The van der Waals surface area contributed by atoms with Crippen molar-refractivity contribution in [2.24, 2.45) is 0 Å². The highest BCUT2D eigenvalue weighted by Gasteiger charge is 2.08. The summed E-state index contributed by atoms with van der Waals surface area (Å²) in [5.74, 6) is 0.492. The molecule has 0 radical (unpaired) electrons. The first-order chi connectivity index (χ1) is 14.2. The maximum Gasteiger partial charge on any atom is 0.261 e. The summed E-state index contributed by atoms with van der Waals surface area (Å²) < 4.78 is 1.92. The summed E-state index contributed by atoms with van der Waals surface area (Å²) in [5, 5.41) is 7.43. The lowest BCUT2D eigenvalue weighted by Gasteiger charge is -2.08. The third kappa shape index (κ3) is 4.49.